The maximum absolute atomic E-state index is 13.1. The first-order valence-corrected chi connectivity index (χ1v) is 19.1. The van der Waals surface area contributed by atoms with E-state index in [1.807, 2.05) is 36.9 Å². The van der Waals surface area contributed by atoms with Crippen molar-refractivity contribution in [1.82, 2.24) is 15.1 Å². The van der Waals surface area contributed by atoms with Crippen molar-refractivity contribution in [2.75, 3.05) is 46.0 Å². The van der Waals surface area contributed by atoms with Crippen molar-refractivity contribution in [3.63, 3.8) is 0 Å². The number of aliphatic hydroxyl groups excluding tert-OH is 5. The van der Waals surface area contributed by atoms with Gasteiger partial charge in [0.15, 0.2) is 0 Å². The van der Waals surface area contributed by atoms with Gasteiger partial charge in [-0.15, -0.1) is 0 Å². The number of benzene rings is 1. The lowest BCUT2D eigenvalue weighted by atomic mass is 9.51. The monoisotopic (exact) mass is 745 g/mol. The summed E-state index contributed by atoms with van der Waals surface area (Å²) in [7, 11) is 0. The van der Waals surface area contributed by atoms with E-state index >= 15 is 0 Å². The molecule has 0 radical (unpaired) electrons. The minimum atomic E-state index is -1.71. The third-order valence-electron chi connectivity index (χ3n) is 11.8. The van der Waals surface area contributed by atoms with E-state index in [1.54, 1.807) is 4.90 Å². The molecule has 1 saturated heterocycles. The highest BCUT2D eigenvalue weighted by Gasteiger charge is 2.58. The molecule has 1 aromatic rings. The zero-order valence-electron chi connectivity index (χ0n) is 31.1. The van der Waals surface area contributed by atoms with Crippen LogP contribution in [0.2, 0.25) is 0 Å². The largest absolute Gasteiger partial charge is 0.445 e. The van der Waals surface area contributed by atoms with E-state index in [1.165, 1.54) is 6.42 Å². The minimum absolute atomic E-state index is 0.000399. The summed E-state index contributed by atoms with van der Waals surface area (Å²) >= 11 is 0. The quantitative estimate of drug-likeness (QED) is 0.0919. The van der Waals surface area contributed by atoms with Gasteiger partial charge in [-0.3, -0.25) is 9.69 Å². The second kappa shape index (κ2) is 18.1. The van der Waals surface area contributed by atoms with E-state index in [0.717, 1.165) is 61.6 Å². The van der Waals surface area contributed by atoms with Gasteiger partial charge in [0, 0.05) is 25.2 Å². The number of nitrogens with two attached hydrogens (primary N) is 1. The van der Waals surface area contributed by atoms with Crippen LogP contribution < -0.4 is 11.1 Å². The van der Waals surface area contributed by atoms with Crippen LogP contribution in [-0.4, -0.2) is 135 Å². The molecule has 8 atom stereocenters. The molecule has 4 bridgehead atoms. The number of hydrogen-bond donors (Lipinski definition) is 7. The van der Waals surface area contributed by atoms with Crippen LogP contribution in [0.3, 0.4) is 0 Å². The lowest BCUT2D eigenvalue weighted by Gasteiger charge is -2.62. The van der Waals surface area contributed by atoms with Crippen LogP contribution in [0.15, 0.2) is 18.2 Å². The summed E-state index contributed by atoms with van der Waals surface area (Å²) in [6.45, 7) is 5.49. The van der Waals surface area contributed by atoms with Crippen molar-refractivity contribution in [3.05, 3.63) is 34.9 Å². The highest BCUT2D eigenvalue weighted by molar-refractivity contribution is 5.79. The average Bonchev–Trinajstić information content (AvgIpc) is 3.62. The van der Waals surface area contributed by atoms with Gasteiger partial charge in [0.2, 0.25) is 5.91 Å². The van der Waals surface area contributed by atoms with Gasteiger partial charge >= 0.3 is 6.09 Å². The van der Waals surface area contributed by atoms with Gasteiger partial charge < -0.3 is 55.7 Å². The molecular formula is C38H59N5O10. The molecule has 1 heterocycles. The predicted octanol–water partition coefficient (Wildman–Crippen LogP) is 0.829. The number of ether oxygens (including phenoxy) is 3. The summed E-state index contributed by atoms with van der Waals surface area (Å²) in [5, 5.41) is 62.8. The Labute approximate surface area is 312 Å². The molecule has 296 valence electrons. The van der Waals surface area contributed by atoms with Gasteiger partial charge in [0.05, 0.1) is 50.2 Å². The van der Waals surface area contributed by atoms with Gasteiger partial charge in [-0.25, -0.2) is 4.79 Å². The number of rotatable bonds is 20. The van der Waals surface area contributed by atoms with E-state index in [4.69, 9.17) is 25.1 Å². The molecule has 5 aliphatic rings. The SMILES string of the molecule is CCN(Cc1ccc(COC(N)=O)c(C(C)OCCOC23CC4CC(CC(NCC(=O)N5CCC[C@H]5C#N)(C4)C2)C3)c1)C[C@H](O)[C@@H](O)[C@H](O)[C@H](O)CO. The smallest absolute Gasteiger partial charge is 0.404 e. The summed E-state index contributed by atoms with van der Waals surface area (Å²) < 4.78 is 18.1. The number of hydrogen-bond acceptors (Lipinski definition) is 13. The third-order valence-corrected chi connectivity index (χ3v) is 11.8. The van der Waals surface area contributed by atoms with E-state index in [9.17, 15) is 35.3 Å². The molecule has 15 heteroatoms. The van der Waals surface area contributed by atoms with Crippen molar-refractivity contribution >= 4 is 12.0 Å². The van der Waals surface area contributed by atoms with Gasteiger partial charge in [-0.1, -0.05) is 25.1 Å². The fraction of sp³-hybridized carbons (Fsp3) is 0.763. The Balaban J connectivity index is 1.18. The molecule has 15 nitrogen and oxygen atoms in total. The van der Waals surface area contributed by atoms with Gasteiger partial charge in [0.25, 0.3) is 0 Å². The molecular weight excluding hydrogens is 686 g/mol. The number of nitrogens with one attached hydrogen (secondary N) is 1. The first-order valence-electron chi connectivity index (χ1n) is 19.1. The zero-order chi connectivity index (χ0) is 38.3. The number of carbonyl (C=O) groups excluding carboxylic acids is 2. The Morgan fingerprint density at radius 1 is 1.11 bits per heavy atom. The number of primary amides is 1. The molecule has 5 fully saturated rings. The number of amides is 2. The zero-order valence-corrected chi connectivity index (χ0v) is 31.1. The van der Waals surface area contributed by atoms with Crippen LogP contribution >= 0.6 is 0 Å². The van der Waals surface area contributed by atoms with Gasteiger partial charge in [-0.05, 0) is 93.4 Å². The van der Waals surface area contributed by atoms with E-state index < -0.39 is 43.2 Å². The Morgan fingerprint density at radius 3 is 2.49 bits per heavy atom. The number of nitrogens with zero attached hydrogens (tertiary/aromatic N) is 3. The van der Waals surface area contributed by atoms with Crippen molar-refractivity contribution in [3.8, 4) is 6.07 Å². The molecule has 3 unspecified atom stereocenters. The molecule has 0 aromatic heterocycles. The molecule has 2 amide bonds. The molecule has 53 heavy (non-hydrogen) atoms. The van der Waals surface area contributed by atoms with E-state index in [0.29, 0.717) is 44.7 Å². The van der Waals surface area contributed by atoms with Crippen LogP contribution in [0.4, 0.5) is 4.79 Å². The van der Waals surface area contributed by atoms with Gasteiger partial charge in [-0.2, -0.15) is 5.26 Å². The Morgan fingerprint density at radius 2 is 1.83 bits per heavy atom. The minimum Gasteiger partial charge on any atom is -0.445 e. The summed E-state index contributed by atoms with van der Waals surface area (Å²) in [5.74, 6) is 1.08. The normalized spacial score (nSPS) is 29.1. The first kappa shape index (κ1) is 41.3. The highest BCUT2D eigenvalue weighted by atomic mass is 16.5. The fourth-order valence-corrected chi connectivity index (χ4v) is 9.59. The van der Waals surface area contributed by atoms with E-state index in [-0.39, 0.29) is 42.8 Å². The van der Waals surface area contributed by atoms with Crippen molar-refractivity contribution < 1.29 is 49.3 Å². The number of likely N-dealkylation sites (N-methyl/N-ethyl adjacent to an activating group) is 1. The molecule has 1 aromatic carbocycles. The van der Waals surface area contributed by atoms with E-state index in [2.05, 4.69) is 11.4 Å². The van der Waals surface area contributed by atoms with Crippen LogP contribution in [0, 0.1) is 23.2 Å². The summed E-state index contributed by atoms with van der Waals surface area (Å²) in [6, 6.07) is 7.59. The summed E-state index contributed by atoms with van der Waals surface area (Å²) in [5.41, 5.74) is 7.22. The Hall–Kier alpha value is -2.91. The van der Waals surface area contributed by atoms with Crippen LogP contribution in [0.5, 0.6) is 0 Å². The van der Waals surface area contributed by atoms with Crippen molar-refractivity contribution in [2.45, 2.75) is 126 Å². The molecule has 4 saturated carbocycles. The lowest BCUT2D eigenvalue weighted by molar-refractivity contribution is -0.183. The molecule has 0 spiro atoms. The fourth-order valence-electron chi connectivity index (χ4n) is 9.59. The molecule has 6 rings (SSSR count). The highest BCUT2D eigenvalue weighted by Crippen LogP contribution is 2.58. The Kier molecular flexibility index (Phi) is 14.1. The summed E-state index contributed by atoms with van der Waals surface area (Å²) in [4.78, 5) is 28.1. The number of aliphatic hydroxyl groups is 5. The maximum Gasteiger partial charge on any atom is 0.404 e. The second-order valence-electron chi connectivity index (χ2n) is 15.8. The molecule has 4 aliphatic carbocycles. The Bertz CT molecular complexity index is 1430. The molecule has 8 N–H and O–H groups in total. The second-order valence-corrected chi connectivity index (χ2v) is 15.8. The van der Waals surface area contributed by atoms with Crippen LogP contribution in [-0.2, 0) is 32.2 Å². The van der Waals surface area contributed by atoms with Crippen LogP contribution in [0.25, 0.3) is 0 Å². The third kappa shape index (κ3) is 10.2. The molecule has 1 aliphatic heterocycles. The van der Waals surface area contributed by atoms with Crippen LogP contribution in [0.1, 0.15) is 88.0 Å². The standard InChI is InChI=1S/C38H59N5O10/c1-3-42(20-31(45)34(48)35(49)32(46)21-44)19-25-6-7-28(22-52-36(40)50)30(12-25)24(2)51-9-10-53-38-15-26-11-27(16-38)14-37(13-26,23-38)41-18-33(47)43-8-4-5-29(43)17-39/h6-7,12,24,26-27,29,31-32,34-35,41,44-46,48-49H,3-5,8-11,13-16,18-23H2,1-2H3,(H2,40,50)/t24?,26?,27?,29-,31-,32+,34+,35+,37?,38?/m0/s1. The first-order chi connectivity index (χ1) is 25.3. The topological polar surface area (TPSA) is 231 Å². The summed E-state index contributed by atoms with van der Waals surface area (Å²) in [6.07, 6.45) is 0.0749. The number of likely N-dealkylation sites (tertiary alicyclic amines) is 1. The van der Waals surface area contributed by atoms with Crippen molar-refractivity contribution in [1.29, 1.82) is 5.26 Å². The number of nitriles is 1. The van der Waals surface area contributed by atoms with Gasteiger partial charge in [0.1, 0.15) is 31.0 Å². The van der Waals surface area contributed by atoms with Crippen molar-refractivity contribution in [2.24, 2.45) is 17.6 Å². The maximum atomic E-state index is 13.1. The average molecular weight is 746 g/mol. The lowest BCUT2D eigenvalue weighted by Crippen LogP contribution is -2.66. The predicted molar refractivity (Wildman–Crippen MR) is 192 cm³/mol. The number of carbonyl (C=O) groups is 2.